The van der Waals surface area contributed by atoms with Gasteiger partial charge in [0.1, 0.15) is 5.75 Å². The summed E-state index contributed by atoms with van der Waals surface area (Å²) in [4.78, 5) is 0. The van der Waals surface area contributed by atoms with Crippen molar-refractivity contribution in [2.24, 2.45) is 5.73 Å². The molecule has 4 heteroatoms. The molecule has 106 valence electrons. The first-order valence-corrected chi connectivity index (χ1v) is 8.04. The van der Waals surface area contributed by atoms with Gasteiger partial charge in [0.2, 0.25) is 0 Å². The van der Waals surface area contributed by atoms with Crippen molar-refractivity contribution in [3.05, 3.63) is 29.8 Å². The van der Waals surface area contributed by atoms with Gasteiger partial charge in [0.05, 0.1) is 6.61 Å². The van der Waals surface area contributed by atoms with E-state index in [0.717, 1.165) is 42.8 Å². The number of thioether (sulfide) groups is 1. The minimum atomic E-state index is 0.566. The Bertz CT molecular complexity index is 367. The van der Waals surface area contributed by atoms with E-state index in [-0.39, 0.29) is 0 Å². The quantitative estimate of drug-likeness (QED) is 0.781. The monoisotopic (exact) mass is 281 g/mol. The average molecular weight is 281 g/mol. The number of ether oxygens (including phenoxy) is 2. The van der Waals surface area contributed by atoms with E-state index < -0.39 is 0 Å². The molecule has 1 heterocycles. The molecule has 1 aliphatic heterocycles. The molecule has 1 fully saturated rings. The van der Waals surface area contributed by atoms with Crippen molar-refractivity contribution in [2.75, 3.05) is 25.6 Å². The molecular formula is C15H23NO2S. The van der Waals surface area contributed by atoms with Crippen LogP contribution in [0, 0.1) is 0 Å². The summed E-state index contributed by atoms with van der Waals surface area (Å²) in [5, 5.41) is 0.786. The number of nitrogens with two attached hydrogens (primary N) is 1. The second kappa shape index (κ2) is 8.46. The molecule has 2 rings (SSSR count). The minimum absolute atomic E-state index is 0.566. The van der Waals surface area contributed by atoms with Gasteiger partial charge in [0.15, 0.2) is 0 Å². The van der Waals surface area contributed by atoms with Gasteiger partial charge >= 0.3 is 0 Å². The highest BCUT2D eigenvalue weighted by atomic mass is 32.2. The number of hydrogen-bond acceptors (Lipinski definition) is 4. The van der Waals surface area contributed by atoms with Gasteiger partial charge in [-0.05, 0) is 42.7 Å². The summed E-state index contributed by atoms with van der Waals surface area (Å²) in [5.74, 6) is 2.10. The van der Waals surface area contributed by atoms with Gasteiger partial charge in [-0.1, -0.05) is 12.1 Å². The Morgan fingerprint density at radius 1 is 1.32 bits per heavy atom. The third-order valence-corrected chi connectivity index (χ3v) is 4.68. The van der Waals surface area contributed by atoms with Crippen LogP contribution >= 0.6 is 11.8 Å². The lowest BCUT2D eigenvalue weighted by atomic mass is 10.2. The van der Waals surface area contributed by atoms with Crippen molar-refractivity contribution in [3.8, 4) is 5.75 Å². The fourth-order valence-corrected chi connectivity index (χ4v) is 3.25. The van der Waals surface area contributed by atoms with Crippen molar-refractivity contribution in [1.29, 1.82) is 0 Å². The predicted octanol–water partition coefficient (Wildman–Crippen LogP) is 2.83. The normalized spacial score (nSPS) is 16.5. The van der Waals surface area contributed by atoms with E-state index in [4.69, 9.17) is 15.2 Å². The van der Waals surface area contributed by atoms with Crippen molar-refractivity contribution >= 4 is 11.8 Å². The molecule has 0 radical (unpaired) electrons. The average Bonchev–Trinajstić information content (AvgIpc) is 2.48. The molecule has 19 heavy (non-hydrogen) atoms. The van der Waals surface area contributed by atoms with Crippen LogP contribution in [0.5, 0.6) is 5.75 Å². The van der Waals surface area contributed by atoms with Gasteiger partial charge in [-0.25, -0.2) is 0 Å². The maximum absolute atomic E-state index is 5.74. The molecule has 0 spiro atoms. The van der Waals surface area contributed by atoms with E-state index in [1.165, 1.54) is 18.6 Å². The molecule has 1 aliphatic rings. The Balaban J connectivity index is 1.58. The Morgan fingerprint density at radius 2 is 2.16 bits per heavy atom. The molecular weight excluding hydrogens is 258 g/mol. The molecule has 0 aliphatic carbocycles. The molecule has 1 aromatic rings. The molecule has 0 atom stereocenters. The SMILES string of the molecule is NCc1cccc(OCCCSC2CCOCC2)c1. The van der Waals surface area contributed by atoms with Gasteiger partial charge in [0.25, 0.3) is 0 Å². The first kappa shape index (κ1) is 14.7. The smallest absolute Gasteiger partial charge is 0.119 e. The maximum atomic E-state index is 5.74. The highest BCUT2D eigenvalue weighted by molar-refractivity contribution is 7.99. The summed E-state index contributed by atoms with van der Waals surface area (Å²) in [7, 11) is 0. The number of benzene rings is 1. The van der Waals surface area contributed by atoms with Gasteiger partial charge in [-0.3, -0.25) is 0 Å². The first-order chi connectivity index (χ1) is 9.38. The third kappa shape index (κ3) is 5.43. The lowest BCUT2D eigenvalue weighted by molar-refractivity contribution is 0.1000. The van der Waals surface area contributed by atoms with Crippen LogP contribution in [-0.2, 0) is 11.3 Å². The Kier molecular flexibility index (Phi) is 6.54. The molecule has 0 bridgehead atoms. The van der Waals surface area contributed by atoms with Crippen LogP contribution in [0.1, 0.15) is 24.8 Å². The fourth-order valence-electron chi connectivity index (χ4n) is 2.10. The van der Waals surface area contributed by atoms with Gasteiger partial charge in [0, 0.05) is 25.0 Å². The van der Waals surface area contributed by atoms with E-state index in [1.807, 2.05) is 24.3 Å². The van der Waals surface area contributed by atoms with E-state index in [9.17, 15) is 0 Å². The second-order valence-corrected chi connectivity index (χ2v) is 6.14. The van der Waals surface area contributed by atoms with Crippen LogP contribution in [0.25, 0.3) is 0 Å². The summed E-state index contributed by atoms with van der Waals surface area (Å²) < 4.78 is 11.1. The van der Waals surface area contributed by atoms with Crippen LogP contribution in [-0.4, -0.2) is 30.8 Å². The number of hydrogen-bond donors (Lipinski definition) is 1. The van der Waals surface area contributed by atoms with Crippen LogP contribution in [0.2, 0.25) is 0 Å². The highest BCUT2D eigenvalue weighted by Crippen LogP contribution is 2.22. The molecule has 0 unspecified atom stereocenters. The third-order valence-electron chi connectivity index (χ3n) is 3.21. The molecule has 0 aromatic heterocycles. The molecule has 0 saturated carbocycles. The Hall–Kier alpha value is -0.710. The summed E-state index contributed by atoms with van der Waals surface area (Å²) in [6.07, 6.45) is 3.49. The topological polar surface area (TPSA) is 44.5 Å². The molecule has 3 nitrogen and oxygen atoms in total. The van der Waals surface area contributed by atoms with Gasteiger partial charge in [-0.2, -0.15) is 11.8 Å². The van der Waals surface area contributed by atoms with Crippen LogP contribution in [0.15, 0.2) is 24.3 Å². The lowest BCUT2D eigenvalue weighted by Crippen LogP contribution is -2.18. The largest absolute Gasteiger partial charge is 0.494 e. The van der Waals surface area contributed by atoms with Gasteiger partial charge < -0.3 is 15.2 Å². The molecule has 1 saturated heterocycles. The Morgan fingerprint density at radius 3 is 2.95 bits per heavy atom. The standard InChI is InChI=1S/C15H23NO2S/c16-12-13-3-1-4-14(11-13)18-7-2-10-19-15-5-8-17-9-6-15/h1,3-4,11,15H,2,5-10,12,16H2. The summed E-state index contributed by atoms with van der Waals surface area (Å²) in [5.41, 5.74) is 6.73. The first-order valence-electron chi connectivity index (χ1n) is 6.99. The summed E-state index contributed by atoms with van der Waals surface area (Å²) >= 11 is 2.06. The molecule has 1 aromatic carbocycles. The van der Waals surface area contributed by atoms with Gasteiger partial charge in [-0.15, -0.1) is 0 Å². The van der Waals surface area contributed by atoms with E-state index in [1.54, 1.807) is 0 Å². The molecule has 0 amide bonds. The zero-order valence-electron chi connectivity index (χ0n) is 11.3. The van der Waals surface area contributed by atoms with Crippen molar-refractivity contribution < 1.29 is 9.47 Å². The fraction of sp³-hybridized carbons (Fsp3) is 0.600. The van der Waals surface area contributed by atoms with Crippen molar-refractivity contribution in [3.63, 3.8) is 0 Å². The van der Waals surface area contributed by atoms with Crippen molar-refractivity contribution in [1.82, 2.24) is 0 Å². The van der Waals surface area contributed by atoms with Crippen LogP contribution in [0.4, 0.5) is 0 Å². The maximum Gasteiger partial charge on any atom is 0.119 e. The van der Waals surface area contributed by atoms with E-state index in [2.05, 4.69) is 11.8 Å². The zero-order chi connectivity index (χ0) is 13.3. The number of rotatable bonds is 7. The zero-order valence-corrected chi connectivity index (χ0v) is 12.2. The van der Waals surface area contributed by atoms with Crippen LogP contribution in [0.3, 0.4) is 0 Å². The minimum Gasteiger partial charge on any atom is -0.494 e. The highest BCUT2D eigenvalue weighted by Gasteiger charge is 2.13. The van der Waals surface area contributed by atoms with Crippen LogP contribution < -0.4 is 10.5 Å². The summed E-state index contributed by atoms with van der Waals surface area (Å²) in [6.45, 7) is 3.21. The second-order valence-electron chi connectivity index (χ2n) is 4.74. The predicted molar refractivity (Wildman–Crippen MR) is 80.7 cm³/mol. The van der Waals surface area contributed by atoms with E-state index >= 15 is 0 Å². The Labute approximate surface area is 119 Å². The lowest BCUT2D eigenvalue weighted by Gasteiger charge is -2.21. The molecule has 2 N–H and O–H groups in total. The summed E-state index contributed by atoms with van der Waals surface area (Å²) in [6, 6.07) is 8.03. The van der Waals surface area contributed by atoms with Crippen molar-refractivity contribution in [2.45, 2.75) is 31.1 Å². The van der Waals surface area contributed by atoms with E-state index in [0.29, 0.717) is 6.54 Å².